The Morgan fingerprint density at radius 2 is 2.07 bits per heavy atom. The normalized spacial score (nSPS) is 10.5. The second kappa shape index (κ2) is 9.80. The van der Waals surface area contributed by atoms with E-state index in [1.54, 1.807) is 35.0 Å². The summed E-state index contributed by atoms with van der Waals surface area (Å²) in [6.07, 6.45) is 4.35. The van der Waals surface area contributed by atoms with Crippen molar-refractivity contribution in [3.8, 4) is 11.4 Å². The minimum Gasteiger partial charge on any atom is -0.493 e. The Hall–Kier alpha value is -2.99. The molecule has 0 unspecified atom stereocenters. The Balaban J connectivity index is 1.40. The minimum atomic E-state index is -0.118. The summed E-state index contributed by atoms with van der Waals surface area (Å²) >= 11 is 5.93. The quantitative estimate of drug-likeness (QED) is 0.580. The number of benzene rings is 2. The lowest BCUT2D eigenvalue weighted by atomic mass is 10.2. The molecule has 3 aromatic rings. The molecule has 0 spiro atoms. The zero-order chi connectivity index (χ0) is 19.8. The van der Waals surface area contributed by atoms with Crippen LogP contribution in [0.25, 0.3) is 5.69 Å². The van der Waals surface area contributed by atoms with E-state index in [1.807, 2.05) is 48.7 Å². The van der Waals surface area contributed by atoms with Crippen molar-refractivity contribution in [1.29, 1.82) is 0 Å². The molecule has 1 heterocycles. The molecule has 3 rings (SSSR count). The maximum Gasteiger partial charge on any atom is 0.317 e. The third-order valence-corrected chi connectivity index (χ3v) is 4.41. The molecule has 2 amide bonds. The largest absolute Gasteiger partial charge is 0.493 e. The van der Waals surface area contributed by atoms with E-state index in [1.165, 1.54) is 0 Å². The lowest BCUT2D eigenvalue weighted by molar-refractivity contribution is 0.203. The fourth-order valence-electron chi connectivity index (χ4n) is 2.69. The Morgan fingerprint density at radius 1 is 1.21 bits per heavy atom. The molecule has 0 atom stereocenters. The third kappa shape index (κ3) is 5.76. The number of carbonyl (C=O) groups excluding carboxylic acids is 1. The average molecular weight is 399 g/mol. The Kier molecular flexibility index (Phi) is 6.92. The van der Waals surface area contributed by atoms with Crippen molar-refractivity contribution in [1.82, 2.24) is 20.0 Å². The summed E-state index contributed by atoms with van der Waals surface area (Å²) in [6.45, 7) is 1.57. The highest BCUT2D eigenvalue weighted by molar-refractivity contribution is 6.30. The van der Waals surface area contributed by atoms with E-state index in [0.717, 1.165) is 23.4 Å². The maximum absolute atomic E-state index is 12.3. The Bertz CT molecular complexity index is 899. The topological polar surface area (TPSA) is 59.4 Å². The van der Waals surface area contributed by atoms with Gasteiger partial charge in [0, 0.05) is 37.6 Å². The fraction of sp³-hybridized carbons (Fsp3) is 0.238. The van der Waals surface area contributed by atoms with Gasteiger partial charge in [-0.2, -0.15) is 5.10 Å². The molecule has 0 bridgehead atoms. The number of carbonyl (C=O) groups is 1. The first kappa shape index (κ1) is 19.8. The van der Waals surface area contributed by atoms with Gasteiger partial charge >= 0.3 is 6.03 Å². The molecule has 28 heavy (non-hydrogen) atoms. The zero-order valence-electron chi connectivity index (χ0n) is 15.7. The van der Waals surface area contributed by atoms with E-state index in [4.69, 9.17) is 16.3 Å². The van der Waals surface area contributed by atoms with Crippen molar-refractivity contribution >= 4 is 17.6 Å². The Labute approximate surface area is 169 Å². The first-order chi connectivity index (χ1) is 13.6. The van der Waals surface area contributed by atoms with E-state index in [2.05, 4.69) is 10.4 Å². The molecule has 6 nitrogen and oxygen atoms in total. The van der Waals surface area contributed by atoms with Gasteiger partial charge in [-0.15, -0.1) is 0 Å². The van der Waals surface area contributed by atoms with Crippen molar-refractivity contribution in [2.24, 2.45) is 0 Å². The van der Waals surface area contributed by atoms with Gasteiger partial charge in [-0.1, -0.05) is 29.8 Å². The van der Waals surface area contributed by atoms with Crippen LogP contribution < -0.4 is 10.1 Å². The van der Waals surface area contributed by atoms with E-state index in [9.17, 15) is 4.79 Å². The van der Waals surface area contributed by atoms with Gasteiger partial charge in [0.2, 0.25) is 0 Å². The predicted molar refractivity (Wildman–Crippen MR) is 110 cm³/mol. The molecule has 1 N–H and O–H groups in total. The highest BCUT2D eigenvalue weighted by Gasteiger charge is 2.08. The minimum absolute atomic E-state index is 0.118. The number of ether oxygens (including phenoxy) is 1. The van der Waals surface area contributed by atoms with Gasteiger partial charge in [0.1, 0.15) is 5.75 Å². The van der Waals surface area contributed by atoms with Crippen LogP contribution in [0.3, 0.4) is 0 Å². The van der Waals surface area contributed by atoms with Crippen molar-refractivity contribution < 1.29 is 9.53 Å². The molecule has 0 aliphatic heterocycles. The molecular formula is C21H23ClN4O2. The molecule has 2 aromatic carbocycles. The van der Waals surface area contributed by atoms with Crippen LogP contribution in [0.4, 0.5) is 4.79 Å². The number of urea groups is 1. The summed E-state index contributed by atoms with van der Waals surface area (Å²) in [5.41, 5.74) is 1.97. The average Bonchev–Trinajstić information content (AvgIpc) is 3.24. The van der Waals surface area contributed by atoms with Crippen LogP contribution in [-0.4, -0.2) is 40.9 Å². The number of nitrogens with zero attached hydrogens (tertiary/aromatic N) is 3. The number of hydrogen-bond donors (Lipinski definition) is 1. The van der Waals surface area contributed by atoms with Crippen LogP contribution in [0.15, 0.2) is 67.0 Å². The number of rotatable bonds is 8. The fourth-order valence-corrected chi connectivity index (χ4v) is 2.87. The molecular weight excluding hydrogens is 376 g/mol. The molecule has 0 saturated heterocycles. The highest BCUT2D eigenvalue weighted by Crippen LogP contribution is 2.17. The molecule has 7 heteroatoms. The zero-order valence-corrected chi connectivity index (χ0v) is 16.5. The van der Waals surface area contributed by atoms with Gasteiger partial charge < -0.3 is 15.0 Å². The van der Waals surface area contributed by atoms with Crippen molar-refractivity contribution in [3.05, 3.63) is 77.6 Å². The molecule has 0 radical (unpaired) electrons. The van der Waals surface area contributed by atoms with Crippen molar-refractivity contribution in [3.63, 3.8) is 0 Å². The van der Waals surface area contributed by atoms with Gasteiger partial charge in [-0.3, -0.25) is 0 Å². The van der Waals surface area contributed by atoms with Gasteiger partial charge in [0.25, 0.3) is 0 Å². The monoisotopic (exact) mass is 398 g/mol. The van der Waals surface area contributed by atoms with Crippen molar-refractivity contribution in [2.45, 2.75) is 13.0 Å². The van der Waals surface area contributed by atoms with E-state index in [-0.39, 0.29) is 6.03 Å². The first-order valence-electron chi connectivity index (χ1n) is 9.08. The number of nitrogens with one attached hydrogen (secondary N) is 1. The van der Waals surface area contributed by atoms with E-state index >= 15 is 0 Å². The molecule has 0 saturated carbocycles. The number of amides is 2. The van der Waals surface area contributed by atoms with Gasteiger partial charge in [0.05, 0.1) is 12.3 Å². The number of aromatic nitrogens is 2. The summed E-state index contributed by atoms with van der Waals surface area (Å²) in [7, 11) is 1.77. The molecule has 0 fully saturated rings. The summed E-state index contributed by atoms with van der Waals surface area (Å²) in [6, 6.07) is 17.0. The lowest BCUT2D eigenvalue weighted by Crippen LogP contribution is -2.37. The van der Waals surface area contributed by atoms with Crippen LogP contribution in [0, 0.1) is 0 Å². The second-order valence-electron chi connectivity index (χ2n) is 6.36. The van der Waals surface area contributed by atoms with Crippen LogP contribution in [0.2, 0.25) is 5.02 Å². The second-order valence-corrected chi connectivity index (χ2v) is 6.80. The first-order valence-corrected chi connectivity index (χ1v) is 9.46. The number of halogens is 1. The van der Waals surface area contributed by atoms with E-state index < -0.39 is 0 Å². The molecule has 0 aliphatic carbocycles. The van der Waals surface area contributed by atoms with Crippen LogP contribution in [0.1, 0.15) is 12.0 Å². The SMILES string of the molecule is CN(CCCOc1cccc(Cl)c1)C(=O)NCc1cccc(-n2cccn2)c1. The standard InChI is InChI=1S/C21H23ClN4O2/c1-25(11-5-13-28-20-9-3-7-18(22)15-20)21(27)23-16-17-6-2-8-19(14-17)26-12-4-10-24-26/h2-4,6-10,12,14-15H,5,11,13,16H2,1H3,(H,23,27). The Morgan fingerprint density at radius 3 is 2.86 bits per heavy atom. The highest BCUT2D eigenvalue weighted by atomic mass is 35.5. The van der Waals surface area contributed by atoms with Crippen LogP contribution in [-0.2, 0) is 6.54 Å². The van der Waals surface area contributed by atoms with Gasteiger partial charge in [-0.25, -0.2) is 9.48 Å². The summed E-state index contributed by atoms with van der Waals surface area (Å²) < 4.78 is 7.43. The van der Waals surface area contributed by atoms with Gasteiger partial charge in [0.15, 0.2) is 0 Å². The summed E-state index contributed by atoms with van der Waals surface area (Å²) in [5, 5.41) is 7.80. The third-order valence-electron chi connectivity index (χ3n) is 4.17. The lowest BCUT2D eigenvalue weighted by Gasteiger charge is -2.18. The summed E-state index contributed by atoms with van der Waals surface area (Å²) in [5.74, 6) is 0.733. The maximum atomic E-state index is 12.3. The molecule has 0 aliphatic rings. The predicted octanol–water partition coefficient (Wildman–Crippen LogP) is 4.14. The number of hydrogen-bond acceptors (Lipinski definition) is 3. The van der Waals surface area contributed by atoms with Crippen LogP contribution in [0.5, 0.6) is 5.75 Å². The smallest absolute Gasteiger partial charge is 0.317 e. The molecule has 146 valence electrons. The van der Waals surface area contributed by atoms with Gasteiger partial charge in [-0.05, 0) is 48.4 Å². The summed E-state index contributed by atoms with van der Waals surface area (Å²) in [4.78, 5) is 13.9. The molecule has 1 aromatic heterocycles. The van der Waals surface area contributed by atoms with Crippen molar-refractivity contribution in [2.75, 3.05) is 20.2 Å². The van der Waals surface area contributed by atoms with Crippen LogP contribution >= 0.6 is 11.6 Å². The van der Waals surface area contributed by atoms with E-state index in [0.29, 0.717) is 24.7 Å².